The summed E-state index contributed by atoms with van der Waals surface area (Å²) in [6.07, 6.45) is -0.172. The lowest BCUT2D eigenvalue weighted by Gasteiger charge is -2.37. The number of nitrogens with one attached hydrogen (secondary N) is 3. The minimum absolute atomic E-state index is 0.0721. The van der Waals surface area contributed by atoms with Crippen LogP contribution in [0.3, 0.4) is 0 Å². The second kappa shape index (κ2) is 7.78. The second-order valence-corrected chi connectivity index (χ2v) is 8.00. The van der Waals surface area contributed by atoms with Crippen molar-refractivity contribution in [2.24, 2.45) is 0 Å². The van der Waals surface area contributed by atoms with E-state index in [0.717, 1.165) is 5.56 Å². The second-order valence-electron chi connectivity index (χ2n) is 6.90. The van der Waals surface area contributed by atoms with Crippen LogP contribution in [0.2, 0.25) is 0 Å². The Bertz CT molecular complexity index is 881. The maximum Gasteiger partial charge on any atom is 0.335 e. The van der Waals surface area contributed by atoms with Gasteiger partial charge in [-0.3, -0.25) is 15.4 Å². The van der Waals surface area contributed by atoms with E-state index in [1.54, 1.807) is 17.1 Å². The third-order valence-corrected chi connectivity index (χ3v) is 6.11. The van der Waals surface area contributed by atoms with Gasteiger partial charge < -0.3 is 5.32 Å². The number of non-ortho nitro benzene ring substituents is 1. The predicted octanol–water partition coefficient (Wildman–Crippen LogP) is 2.74. The van der Waals surface area contributed by atoms with Crippen LogP contribution in [0.5, 0.6) is 0 Å². The molecule has 0 aromatic heterocycles. The standard InChI is InChI=1S/C19H21N5O3S/c1-12-16(14-7-3-2-4-8-14)17-20-18(21-19(25)23(17)22-12)28-11-13-6-5-9-15(10-13)24(26)27/h2-10,12,16-18,20,22H,11H2,1H3,(H,21,25). The minimum Gasteiger partial charge on any atom is -0.312 e. The smallest absolute Gasteiger partial charge is 0.312 e. The lowest BCUT2D eigenvalue weighted by Crippen LogP contribution is -2.65. The molecule has 4 rings (SSSR count). The fourth-order valence-corrected chi connectivity index (χ4v) is 4.69. The van der Waals surface area contributed by atoms with E-state index in [0.29, 0.717) is 5.75 Å². The summed E-state index contributed by atoms with van der Waals surface area (Å²) >= 11 is 1.50. The molecule has 4 unspecified atom stereocenters. The summed E-state index contributed by atoms with van der Waals surface area (Å²) in [7, 11) is 0. The monoisotopic (exact) mass is 399 g/mol. The Kier molecular flexibility index (Phi) is 5.21. The number of fused-ring (bicyclic) bond motifs is 1. The van der Waals surface area contributed by atoms with Crippen LogP contribution in [-0.2, 0) is 5.75 Å². The van der Waals surface area contributed by atoms with E-state index >= 15 is 0 Å². The number of thioether (sulfide) groups is 1. The number of nitro groups is 1. The fourth-order valence-electron chi connectivity index (χ4n) is 3.73. The molecule has 0 spiro atoms. The Morgan fingerprint density at radius 2 is 1.96 bits per heavy atom. The van der Waals surface area contributed by atoms with Crippen molar-refractivity contribution in [1.82, 2.24) is 21.1 Å². The van der Waals surface area contributed by atoms with E-state index < -0.39 is 4.92 Å². The summed E-state index contributed by atoms with van der Waals surface area (Å²) < 4.78 is 0. The van der Waals surface area contributed by atoms with Gasteiger partial charge in [0.05, 0.1) is 4.92 Å². The van der Waals surface area contributed by atoms with Crippen molar-refractivity contribution in [1.29, 1.82) is 0 Å². The molecule has 2 saturated heterocycles. The van der Waals surface area contributed by atoms with Crippen LogP contribution in [0.1, 0.15) is 24.0 Å². The zero-order chi connectivity index (χ0) is 19.7. The summed E-state index contributed by atoms with van der Waals surface area (Å²) in [4.78, 5) is 23.1. The normalized spacial score (nSPS) is 26.6. The molecule has 28 heavy (non-hydrogen) atoms. The molecular weight excluding hydrogens is 378 g/mol. The molecule has 2 aromatic rings. The van der Waals surface area contributed by atoms with Crippen molar-refractivity contribution in [2.75, 3.05) is 0 Å². The first kappa shape index (κ1) is 18.7. The van der Waals surface area contributed by atoms with Gasteiger partial charge in [0.2, 0.25) is 0 Å². The van der Waals surface area contributed by atoms with E-state index in [1.807, 2.05) is 24.3 Å². The molecule has 2 aliphatic rings. The number of urea groups is 1. The number of benzene rings is 2. The molecule has 4 atom stereocenters. The van der Waals surface area contributed by atoms with Crippen molar-refractivity contribution in [2.45, 2.75) is 36.3 Å². The maximum atomic E-state index is 12.6. The summed E-state index contributed by atoms with van der Waals surface area (Å²) in [6.45, 7) is 2.07. The first-order chi connectivity index (χ1) is 13.5. The Morgan fingerprint density at radius 3 is 2.71 bits per heavy atom. The molecule has 9 heteroatoms. The molecule has 2 fully saturated rings. The van der Waals surface area contributed by atoms with Gasteiger partial charge in [-0.1, -0.05) is 42.5 Å². The van der Waals surface area contributed by atoms with Crippen LogP contribution >= 0.6 is 11.8 Å². The highest BCUT2D eigenvalue weighted by Crippen LogP contribution is 2.33. The third kappa shape index (κ3) is 3.68. The van der Waals surface area contributed by atoms with Crippen molar-refractivity contribution < 1.29 is 9.72 Å². The Balaban J connectivity index is 1.47. The highest BCUT2D eigenvalue weighted by Gasteiger charge is 2.46. The molecule has 2 heterocycles. The van der Waals surface area contributed by atoms with Crippen LogP contribution in [0.4, 0.5) is 10.5 Å². The molecular formula is C19H21N5O3S. The number of hydrogen-bond acceptors (Lipinski definition) is 6. The number of nitrogens with zero attached hydrogens (tertiary/aromatic N) is 2. The summed E-state index contributed by atoms with van der Waals surface area (Å²) in [5.41, 5.74) is 5.04. The number of rotatable bonds is 5. The quantitative estimate of drug-likeness (QED) is 0.528. The maximum absolute atomic E-state index is 12.6. The molecule has 0 bridgehead atoms. The van der Waals surface area contributed by atoms with Gasteiger partial charge in [-0.05, 0) is 18.1 Å². The number of amides is 2. The molecule has 0 radical (unpaired) electrons. The molecule has 0 aliphatic carbocycles. The lowest BCUT2D eigenvalue weighted by atomic mass is 9.91. The zero-order valence-corrected chi connectivity index (χ0v) is 16.1. The van der Waals surface area contributed by atoms with Crippen LogP contribution in [0.15, 0.2) is 54.6 Å². The Labute approximate surface area is 166 Å². The Morgan fingerprint density at radius 1 is 1.18 bits per heavy atom. The van der Waals surface area contributed by atoms with Gasteiger partial charge in [-0.15, -0.1) is 11.8 Å². The molecule has 2 aromatic carbocycles. The number of carbonyl (C=O) groups excluding carboxylic acids is 1. The highest BCUT2D eigenvalue weighted by atomic mass is 32.2. The molecule has 2 aliphatic heterocycles. The van der Waals surface area contributed by atoms with E-state index in [4.69, 9.17) is 0 Å². The van der Waals surface area contributed by atoms with E-state index in [9.17, 15) is 14.9 Å². The molecule has 146 valence electrons. The van der Waals surface area contributed by atoms with Crippen LogP contribution < -0.4 is 16.1 Å². The number of hydrogen-bond donors (Lipinski definition) is 3. The summed E-state index contributed by atoms with van der Waals surface area (Å²) in [6, 6.07) is 16.6. The van der Waals surface area contributed by atoms with Crippen molar-refractivity contribution in [3.63, 3.8) is 0 Å². The SMILES string of the molecule is CC1NN2C(=O)NC(SCc3cccc([N+](=O)[O-])c3)NC2C1c1ccccc1. The molecule has 3 N–H and O–H groups in total. The average molecular weight is 399 g/mol. The Hall–Kier alpha value is -2.62. The topological polar surface area (TPSA) is 99.5 Å². The average Bonchev–Trinajstić information content (AvgIpc) is 3.04. The zero-order valence-electron chi connectivity index (χ0n) is 15.2. The van der Waals surface area contributed by atoms with Gasteiger partial charge in [0.15, 0.2) is 0 Å². The van der Waals surface area contributed by atoms with Gasteiger partial charge in [-0.25, -0.2) is 15.2 Å². The largest absolute Gasteiger partial charge is 0.335 e. The fraction of sp³-hybridized carbons (Fsp3) is 0.316. The number of carbonyl (C=O) groups is 1. The predicted molar refractivity (Wildman–Crippen MR) is 107 cm³/mol. The van der Waals surface area contributed by atoms with Gasteiger partial charge >= 0.3 is 6.03 Å². The van der Waals surface area contributed by atoms with E-state index in [2.05, 4.69) is 35.1 Å². The third-order valence-electron chi connectivity index (χ3n) is 5.02. The van der Waals surface area contributed by atoms with Crippen molar-refractivity contribution in [3.05, 3.63) is 75.8 Å². The van der Waals surface area contributed by atoms with Gasteiger partial charge in [0.25, 0.3) is 5.69 Å². The van der Waals surface area contributed by atoms with Crippen LogP contribution in [-0.4, -0.2) is 33.7 Å². The van der Waals surface area contributed by atoms with E-state index in [1.165, 1.54) is 23.4 Å². The number of hydrazine groups is 1. The summed E-state index contributed by atoms with van der Waals surface area (Å²) in [5, 5.41) is 19.0. The summed E-state index contributed by atoms with van der Waals surface area (Å²) in [5.74, 6) is 0.666. The molecule has 0 saturated carbocycles. The van der Waals surface area contributed by atoms with Crippen molar-refractivity contribution >= 4 is 23.5 Å². The van der Waals surface area contributed by atoms with Gasteiger partial charge in [0, 0.05) is 29.8 Å². The van der Waals surface area contributed by atoms with E-state index in [-0.39, 0.29) is 35.3 Å². The molecule has 2 amide bonds. The van der Waals surface area contributed by atoms with Gasteiger partial charge in [0.1, 0.15) is 11.7 Å². The minimum atomic E-state index is -0.400. The van der Waals surface area contributed by atoms with Gasteiger partial charge in [-0.2, -0.15) is 0 Å². The highest BCUT2D eigenvalue weighted by molar-refractivity contribution is 7.99. The first-order valence-corrected chi connectivity index (χ1v) is 10.1. The number of nitro benzene ring substituents is 1. The first-order valence-electron chi connectivity index (χ1n) is 9.05. The molecule has 8 nitrogen and oxygen atoms in total. The van der Waals surface area contributed by atoms with Crippen LogP contribution in [0.25, 0.3) is 0 Å². The lowest BCUT2D eigenvalue weighted by molar-refractivity contribution is -0.384. The van der Waals surface area contributed by atoms with Crippen LogP contribution in [0, 0.1) is 10.1 Å². The van der Waals surface area contributed by atoms with Crippen molar-refractivity contribution in [3.8, 4) is 0 Å².